The molecule has 4 rings (SSSR count). The number of nitrogens with two attached hydrogens (primary N) is 1. The van der Waals surface area contributed by atoms with Crippen molar-refractivity contribution in [1.82, 2.24) is 4.98 Å². The molecule has 0 bridgehead atoms. The van der Waals surface area contributed by atoms with E-state index >= 15 is 0 Å². The van der Waals surface area contributed by atoms with Crippen LogP contribution in [0.25, 0.3) is 22.6 Å². The number of aromatic amines is 1. The largest absolute Gasteiger partial charge is 0.369 e. The fourth-order valence-electron chi connectivity index (χ4n) is 2.99. The zero-order valence-corrected chi connectivity index (χ0v) is 12.0. The number of aliphatic hydroxyl groups excluding tert-OH is 1. The molecular formula is C18H17N3O. The lowest BCUT2D eigenvalue weighted by Crippen LogP contribution is -2.12. The number of benzene rings is 2. The summed E-state index contributed by atoms with van der Waals surface area (Å²) in [6, 6.07) is 14.1. The standard InChI is InChI=1S/C18H17N3O/c19-9-11-5-6-17-14(7-11)15(18(22)21-17)8-12-10-20-16-4-2-1-3-13(12)16/h1-8,10,18,20-22H,9,19H2. The average molecular weight is 291 g/mol. The number of aromatic nitrogens is 1. The Kier molecular flexibility index (Phi) is 2.99. The van der Waals surface area contributed by atoms with Gasteiger partial charge in [-0.15, -0.1) is 0 Å². The third-order valence-electron chi connectivity index (χ3n) is 4.15. The molecule has 110 valence electrons. The highest BCUT2D eigenvalue weighted by Gasteiger charge is 2.24. The van der Waals surface area contributed by atoms with Crippen molar-refractivity contribution in [3.8, 4) is 0 Å². The predicted molar refractivity (Wildman–Crippen MR) is 90.1 cm³/mol. The number of rotatable bonds is 2. The normalized spacial score (nSPS) is 18.6. The van der Waals surface area contributed by atoms with Crippen molar-refractivity contribution in [2.24, 2.45) is 5.73 Å². The molecule has 2 aromatic carbocycles. The van der Waals surface area contributed by atoms with Gasteiger partial charge < -0.3 is 21.1 Å². The third-order valence-corrected chi connectivity index (χ3v) is 4.15. The monoisotopic (exact) mass is 291 g/mol. The van der Waals surface area contributed by atoms with Crippen LogP contribution in [0, 0.1) is 0 Å². The molecule has 1 aliphatic rings. The Balaban J connectivity index is 1.86. The van der Waals surface area contributed by atoms with Crippen molar-refractivity contribution in [3.63, 3.8) is 0 Å². The van der Waals surface area contributed by atoms with Gasteiger partial charge >= 0.3 is 0 Å². The quantitative estimate of drug-likeness (QED) is 0.586. The van der Waals surface area contributed by atoms with Crippen LogP contribution in [0.5, 0.6) is 0 Å². The Hall–Kier alpha value is -2.56. The Bertz CT molecular complexity index is 879. The van der Waals surface area contributed by atoms with Gasteiger partial charge in [0.05, 0.1) is 0 Å². The Morgan fingerprint density at radius 3 is 2.91 bits per heavy atom. The van der Waals surface area contributed by atoms with E-state index < -0.39 is 6.23 Å². The highest BCUT2D eigenvalue weighted by Crippen LogP contribution is 2.37. The highest BCUT2D eigenvalue weighted by molar-refractivity contribution is 5.99. The summed E-state index contributed by atoms with van der Waals surface area (Å²) in [6.45, 7) is 0.490. The number of nitrogens with one attached hydrogen (secondary N) is 2. The van der Waals surface area contributed by atoms with Crippen LogP contribution in [0.15, 0.2) is 48.7 Å². The predicted octanol–water partition coefficient (Wildman–Crippen LogP) is 2.91. The maximum Gasteiger partial charge on any atom is 0.151 e. The van der Waals surface area contributed by atoms with E-state index in [0.717, 1.165) is 38.9 Å². The molecule has 0 fully saturated rings. The van der Waals surface area contributed by atoms with E-state index in [1.54, 1.807) is 0 Å². The van der Waals surface area contributed by atoms with E-state index in [-0.39, 0.29) is 0 Å². The number of anilines is 1. The smallest absolute Gasteiger partial charge is 0.151 e. The van der Waals surface area contributed by atoms with Crippen molar-refractivity contribution >= 4 is 28.2 Å². The second-order valence-corrected chi connectivity index (χ2v) is 5.52. The zero-order valence-electron chi connectivity index (χ0n) is 12.0. The third kappa shape index (κ3) is 2.01. The minimum atomic E-state index is -0.698. The molecule has 2 heterocycles. The molecule has 0 saturated carbocycles. The number of hydrogen-bond donors (Lipinski definition) is 4. The van der Waals surface area contributed by atoms with Gasteiger partial charge in [-0.25, -0.2) is 0 Å². The first-order valence-electron chi connectivity index (χ1n) is 7.32. The molecule has 0 amide bonds. The lowest BCUT2D eigenvalue weighted by molar-refractivity contribution is 0.266. The van der Waals surface area contributed by atoms with Gasteiger partial charge in [-0.05, 0) is 29.8 Å². The number of para-hydroxylation sites is 1. The second-order valence-electron chi connectivity index (χ2n) is 5.52. The summed E-state index contributed by atoms with van der Waals surface area (Å²) in [5.41, 5.74) is 11.8. The van der Waals surface area contributed by atoms with Crippen molar-refractivity contribution in [2.45, 2.75) is 12.8 Å². The van der Waals surface area contributed by atoms with E-state index in [4.69, 9.17) is 5.73 Å². The van der Waals surface area contributed by atoms with Crippen LogP contribution in [-0.2, 0) is 6.54 Å². The molecule has 1 aliphatic heterocycles. The molecule has 0 radical (unpaired) electrons. The van der Waals surface area contributed by atoms with Crippen LogP contribution >= 0.6 is 0 Å². The van der Waals surface area contributed by atoms with Gasteiger partial charge in [0, 0.05) is 46.0 Å². The first-order chi connectivity index (χ1) is 10.8. The summed E-state index contributed by atoms with van der Waals surface area (Å²) in [5.74, 6) is 0. The van der Waals surface area contributed by atoms with Crippen molar-refractivity contribution in [1.29, 1.82) is 0 Å². The molecule has 0 aliphatic carbocycles. The first kappa shape index (κ1) is 13.1. The lowest BCUT2D eigenvalue weighted by Gasteiger charge is -2.05. The minimum Gasteiger partial charge on any atom is -0.369 e. The van der Waals surface area contributed by atoms with Gasteiger partial charge in [0.15, 0.2) is 6.23 Å². The first-order valence-corrected chi connectivity index (χ1v) is 7.32. The molecule has 1 aromatic heterocycles. The summed E-state index contributed by atoms with van der Waals surface area (Å²) in [5, 5.41) is 14.6. The average Bonchev–Trinajstić information content (AvgIpc) is 3.09. The topological polar surface area (TPSA) is 74.1 Å². The molecule has 3 aromatic rings. The minimum absolute atomic E-state index is 0.490. The maximum atomic E-state index is 10.3. The molecular weight excluding hydrogens is 274 g/mol. The molecule has 4 heteroatoms. The summed E-state index contributed by atoms with van der Waals surface area (Å²) in [6.07, 6.45) is 3.30. The van der Waals surface area contributed by atoms with Crippen molar-refractivity contribution in [2.75, 3.05) is 5.32 Å². The fraction of sp³-hybridized carbons (Fsp3) is 0.111. The Morgan fingerprint density at radius 1 is 1.18 bits per heavy atom. The number of H-pyrrole nitrogens is 1. The lowest BCUT2D eigenvalue weighted by atomic mass is 10.0. The molecule has 5 N–H and O–H groups in total. The van der Waals surface area contributed by atoms with Crippen molar-refractivity contribution < 1.29 is 5.11 Å². The molecule has 0 spiro atoms. The number of fused-ring (bicyclic) bond motifs is 2. The SMILES string of the molecule is NCc1ccc2c(c1)C(=Cc1c[nH]c3ccccc13)C(O)N2. The van der Waals surface area contributed by atoms with Crippen LogP contribution in [0.4, 0.5) is 5.69 Å². The van der Waals surface area contributed by atoms with E-state index in [1.165, 1.54) is 0 Å². The van der Waals surface area contributed by atoms with Gasteiger partial charge in [-0.1, -0.05) is 24.3 Å². The summed E-state index contributed by atoms with van der Waals surface area (Å²) in [7, 11) is 0. The van der Waals surface area contributed by atoms with E-state index in [9.17, 15) is 5.11 Å². The van der Waals surface area contributed by atoms with Crippen LogP contribution in [-0.4, -0.2) is 16.3 Å². The molecule has 1 unspecified atom stereocenters. The van der Waals surface area contributed by atoms with Gasteiger partial charge in [-0.2, -0.15) is 0 Å². The Morgan fingerprint density at radius 2 is 2.05 bits per heavy atom. The van der Waals surface area contributed by atoms with Crippen LogP contribution in [0.2, 0.25) is 0 Å². The molecule has 0 saturated heterocycles. The van der Waals surface area contributed by atoms with Crippen LogP contribution in [0.1, 0.15) is 16.7 Å². The summed E-state index contributed by atoms with van der Waals surface area (Å²) in [4.78, 5) is 3.26. The maximum absolute atomic E-state index is 10.3. The van der Waals surface area contributed by atoms with E-state index in [1.807, 2.05) is 48.7 Å². The summed E-state index contributed by atoms with van der Waals surface area (Å²) >= 11 is 0. The number of hydrogen-bond acceptors (Lipinski definition) is 3. The second kappa shape index (κ2) is 5.02. The van der Waals surface area contributed by atoms with E-state index in [0.29, 0.717) is 6.54 Å². The molecule has 22 heavy (non-hydrogen) atoms. The van der Waals surface area contributed by atoms with Gasteiger partial charge in [0.25, 0.3) is 0 Å². The van der Waals surface area contributed by atoms with Gasteiger partial charge in [-0.3, -0.25) is 0 Å². The van der Waals surface area contributed by atoms with Crippen LogP contribution < -0.4 is 11.1 Å². The van der Waals surface area contributed by atoms with Gasteiger partial charge in [0.2, 0.25) is 0 Å². The molecule has 1 atom stereocenters. The highest BCUT2D eigenvalue weighted by atomic mass is 16.3. The van der Waals surface area contributed by atoms with E-state index in [2.05, 4.69) is 16.4 Å². The Labute approximate surface area is 128 Å². The molecule has 4 nitrogen and oxygen atoms in total. The zero-order chi connectivity index (χ0) is 15.1. The summed E-state index contributed by atoms with van der Waals surface area (Å²) < 4.78 is 0. The fourth-order valence-corrected chi connectivity index (χ4v) is 2.99. The van der Waals surface area contributed by atoms with Crippen molar-refractivity contribution in [3.05, 3.63) is 65.4 Å². The van der Waals surface area contributed by atoms with Gasteiger partial charge in [0.1, 0.15) is 0 Å². The van der Waals surface area contributed by atoms with Crippen LogP contribution in [0.3, 0.4) is 0 Å². The number of aliphatic hydroxyl groups is 1.